The van der Waals surface area contributed by atoms with Crippen molar-refractivity contribution in [3.05, 3.63) is 59.8 Å². The number of piperazine rings is 1. The Kier molecular flexibility index (Phi) is 6.71. The van der Waals surface area contributed by atoms with Crippen molar-refractivity contribution in [2.24, 2.45) is 0 Å². The highest BCUT2D eigenvalue weighted by molar-refractivity contribution is 5.97. The van der Waals surface area contributed by atoms with Crippen molar-refractivity contribution in [3.63, 3.8) is 0 Å². The van der Waals surface area contributed by atoms with E-state index in [1.54, 1.807) is 23.1 Å². The number of ether oxygens (including phenoxy) is 2. The van der Waals surface area contributed by atoms with Gasteiger partial charge in [0.1, 0.15) is 11.4 Å². The van der Waals surface area contributed by atoms with E-state index in [1.165, 1.54) is 18.2 Å². The molecule has 182 valence electrons. The van der Waals surface area contributed by atoms with Gasteiger partial charge in [0.05, 0.1) is 25.0 Å². The molecule has 2 aliphatic rings. The fourth-order valence-electron chi connectivity index (χ4n) is 4.02. The number of hydrogen-bond donors (Lipinski definition) is 2. The van der Waals surface area contributed by atoms with Gasteiger partial charge in [0.25, 0.3) is 5.91 Å². The van der Waals surface area contributed by atoms with Gasteiger partial charge in [-0.25, -0.2) is 18.7 Å². The van der Waals surface area contributed by atoms with Crippen LogP contribution in [0, 0.1) is 11.6 Å². The molecule has 1 amide bonds. The number of nitrogens with one attached hydrogen (secondary N) is 2. The lowest BCUT2D eigenvalue weighted by atomic mass is 10.1. The van der Waals surface area contributed by atoms with Gasteiger partial charge in [0.2, 0.25) is 5.95 Å². The molecule has 5 rings (SSSR count). The first-order valence-corrected chi connectivity index (χ1v) is 11.6. The molecule has 2 aromatic carbocycles. The second-order valence-electron chi connectivity index (χ2n) is 8.32. The van der Waals surface area contributed by atoms with E-state index in [9.17, 15) is 13.6 Å². The fourth-order valence-corrected chi connectivity index (χ4v) is 4.02. The predicted octanol–water partition coefficient (Wildman–Crippen LogP) is 3.76. The van der Waals surface area contributed by atoms with Crippen molar-refractivity contribution in [2.45, 2.75) is 12.8 Å². The third-order valence-corrected chi connectivity index (χ3v) is 5.87. The van der Waals surface area contributed by atoms with E-state index in [0.717, 1.165) is 19.3 Å². The van der Waals surface area contributed by atoms with Gasteiger partial charge in [0, 0.05) is 43.5 Å². The van der Waals surface area contributed by atoms with Crippen LogP contribution in [0.15, 0.2) is 42.6 Å². The molecule has 8 nitrogen and oxygen atoms in total. The number of amides is 1. The van der Waals surface area contributed by atoms with E-state index in [0.29, 0.717) is 55.1 Å². The lowest BCUT2D eigenvalue weighted by Gasteiger charge is -2.28. The Morgan fingerprint density at radius 3 is 2.51 bits per heavy atom. The second-order valence-corrected chi connectivity index (χ2v) is 8.32. The summed E-state index contributed by atoms with van der Waals surface area (Å²) in [4.78, 5) is 23.3. The van der Waals surface area contributed by atoms with Crippen LogP contribution in [0.4, 0.5) is 20.4 Å². The Morgan fingerprint density at radius 1 is 0.943 bits per heavy atom. The van der Waals surface area contributed by atoms with Crippen LogP contribution in [0.5, 0.6) is 11.5 Å². The molecule has 0 aliphatic carbocycles. The maximum Gasteiger partial charge on any atom is 0.257 e. The number of rotatable bonds is 1. The summed E-state index contributed by atoms with van der Waals surface area (Å²) >= 11 is 0. The molecule has 0 saturated carbocycles. The van der Waals surface area contributed by atoms with Crippen LogP contribution < -0.4 is 20.1 Å². The first-order chi connectivity index (χ1) is 17.1. The van der Waals surface area contributed by atoms with Crippen LogP contribution in [-0.4, -0.2) is 60.2 Å². The summed E-state index contributed by atoms with van der Waals surface area (Å²) in [5.41, 5.74) is 1.44. The zero-order valence-electron chi connectivity index (χ0n) is 19.0. The second kappa shape index (κ2) is 10.2. The molecule has 0 spiro atoms. The fraction of sp³-hybridized carbons (Fsp3) is 0.320. The topological polar surface area (TPSA) is 88.6 Å². The number of fused-ring (bicyclic) bond motifs is 7. The molecule has 0 unspecified atom stereocenters. The molecule has 2 N–H and O–H groups in total. The smallest absolute Gasteiger partial charge is 0.257 e. The van der Waals surface area contributed by atoms with Crippen LogP contribution in [-0.2, 0) is 0 Å². The van der Waals surface area contributed by atoms with Crippen molar-refractivity contribution < 1.29 is 23.0 Å². The predicted molar refractivity (Wildman–Crippen MR) is 126 cm³/mol. The monoisotopic (exact) mass is 481 g/mol. The quantitative estimate of drug-likeness (QED) is 0.547. The van der Waals surface area contributed by atoms with Gasteiger partial charge >= 0.3 is 0 Å². The number of halogens is 2. The summed E-state index contributed by atoms with van der Waals surface area (Å²) in [5.74, 6) is -0.671. The highest BCUT2D eigenvalue weighted by Crippen LogP contribution is 2.30. The van der Waals surface area contributed by atoms with E-state index in [2.05, 4.69) is 20.6 Å². The van der Waals surface area contributed by atoms with Crippen molar-refractivity contribution >= 4 is 17.5 Å². The molecular formula is C25H25F2N5O3. The van der Waals surface area contributed by atoms with Gasteiger partial charge in [-0.3, -0.25) is 4.79 Å². The van der Waals surface area contributed by atoms with E-state index in [-0.39, 0.29) is 29.9 Å². The third-order valence-electron chi connectivity index (χ3n) is 5.87. The van der Waals surface area contributed by atoms with Crippen LogP contribution >= 0.6 is 0 Å². The molecule has 1 saturated heterocycles. The van der Waals surface area contributed by atoms with Gasteiger partial charge < -0.3 is 25.0 Å². The summed E-state index contributed by atoms with van der Waals surface area (Å²) < 4.78 is 40.4. The van der Waals surface area contributed by atoms with Gasteiger partial charge in [-0.1, -0.05) is 0 Å². The molecule has 0 atom stereocenters. The Hall–Kier alpha value is -3.79. The summed E-state index contributed by atoms with van der Waals surface area (Å²) in [6, 6.07) is 9.28. The van der Waals surface area contributed by atoms with Gasteiger partial charge in [0.15, 0.2) is 17.4 Å². The summed E-state index contributed by atoms with van der Waals surface area (Å²) in [6.45, 7) is 3.35. The van der Waals surface area contributed by atoms with Crippen molar-refractivity contribution in [2.75, 3.05) is 44.7 Å². The van der Waals surface area contributed by atoms with Crippen molar-refractivity contribution in [1.29, 1.82) is 0 Å². The van der Waals surface area contributed by atoms with E-state index in [1.807, 2.05) is 0 Å². The number of carbonyl (C=O) groups excluding carboxylic acids is 1. The highest BCUT2D eigenvalue weighted by Gasteiger charge is 2.22. The molecule has 0 radical (unpaired) electrons. The van der Waals surface area contributed by atoms with Gasteiger partial charge in [-0.2, -0.15) is 0 Å². The van der Waals surface area contributed by atoms with Gasteiger partial charge in [-0.15, -0.1) is 0 Å². The molecule has 3 aromatic rings. The maximum atomic E-state index is 14.6. The maximum absolute atomic E-state index is 14.6. The Morgan fingerprint density at radius 2 is 1.71 bits per heavy atom. The first kappa shape index (κ1) is 23.0. The highest BCUT2D eigenvalue weighted by atomic mass is 19.1. The Labute approximate surface area is 201 Å². The number of nitrogens with zero attached hydrogens (tertiary/aromatic N) is 3. The number of aromatic nitrogens is 2. The molecular weight excluding hydrogens is 456 g/mol. The van der Waals surface area contributed by atoms with E-state index in [4.69, 9.17) is 9.47 Å². The Bertz CT molecular complexity index is 1230. The minimum atomic E-state index is -0.643. The molecule has 2 aliphatic heterocycles. The van der Waals surface area contributed by atoms with E-state index >= 15 is 0 Å². The lowest BCUT2D eigenvalue weighted by molar-refractivity contribution is 0.0731. The third kappa shape index (κ3) is 5.17. The van der Waals surface area contributed by atoms with Crippen LogP contribution in [0.1, 0.15) is 23.2 Å². The number of anilines is 2. The number of benzene rings is 2. The van der Waals surface area contributed by atoms with Crippen molar-refractivity contribution in [3.8, 4) is 22.8 Å². The van der Waals surface area contributed by atoms with Crippen LogP contribution in [0.25, 0.3) is 11.3 Å². The number of hydrogen-bond acceptors (Lipinski definition) is 7. The molecule has 6 bridgehead atoms. The number of carbonyl (C=O) groups is 1. The summed E-state index contributed by atoms with van der Waals surface area (Å²) in [7, 11) is 0. The van der Waals surface area contributed by atoms with Crippen LogP contribution in [0.3, 0.4) is 0 Å². The average molecular weight is 482 g/mol. The standard InChI is InChI=1S/C25H25F2N5O3/c26-19-6-3-16-13-22(19)35-12-2-1-11-34-21-14-17(30-25-29-15-20(27)23(16)31-25)4-5-18(21)24(33)32-9-7-28-8-10-32/h3-6,13-15,28H,1-2,7-12H2,(H,29,30,31). The lowest BCUT2D eigenvalue weighted by Crippen LogP contribution is -2.46. The van der Waals surface area contributed by atoms with Crippen LogP contribution in [0.2, 0.25) is 0 Å². The molecule has 1 aromatic heterocycles. The molecule has 35 heavy (non-hydrogen) atoms. The normalized spacial score (nSPS) is 16.0. The van der Waals surface area contributed by atoms with Gasteiger partial charge in [-0.05, 0) is 43.2 Å². The zero-order valence-corrected chi connectivity index (χ0v) is 19.0. The molecule has 3 heterocycles. The average Bonchev–Trinajstić information content (AvgIpc) is 2.88. The summed E-state index contributed by atoms with van der Waals surface area (Å²) in [6.07, 6.45) is 2.29. The minimum absolute atomic E-state index is 0.0152. The zero-order chi connectivity index (χ0) is 24.2. The molecule has 1 fully saturated rings. The SMILES string of the molecule is O=C(c1ccc2cc1OCCCCOc1cc(ccc1F)-c1nc(ncc1F)N2)N1CCNCC1. The first-order valence-electron chi connectivity index (χ1n) is 11.6. The molecule has 10 heteroatoms. The van der Waals surface area contributed by atoms with Crippen molar-refractivity contribution in [1.82, 2.24) is 20.2 Å². The van der Waals surface area contributed by atoms with E-state index < -0.39 is 11.6 Å². The summed E-state index contributed by atoms with van der Waals surface area (Å²) in [5, 5.41) is 6.29. The minimum Gasteiger partial charge on any atom is -0.493 e. The largest absolute Gasteiger partial charge is 0.493 e. The Balaban J connectivity index is 1.49.